The lowest BCUT2D eigenvalue weighted by Crippen LogP contribution is -2.44. The molecule has 0 rings (SSSR count). The molecule has 0 radical (unpaired) electrons. The van der Waals surface area contributed by atoms with Gasteiger partial charge in [0, 0.05) is 12.8 Å². The van der Waals surface area contributed by atoms with Crippen molar-refractivity contribution < 1.29 is 42.9 Å². The summed E-state index contributed by atoms with van der Waals surface area (Å²) in [7, 11) is 5.89. The average Bonchev–Trinajstić information content (AvgIpc) is 3.17. The lowest BCUT2D eigenvalue weighted by Gasteiger charge is -2.26. The first-order valence-corrected chi connectivity index (χ1v) is 22.4. The normalized spacial score (nSPS) is 13.5. The molecule has 0 aromatic rings. The molecule has 0 spiro atoms. The third-order valence-corrected chi connectivity index (χ3v) is 9.25. The number of carboxylic acid groups (broad SMARTS) is 1. The molecule has 0 bridgehead atoms. The Kier molecular flexibility index (Phi) is 37.7. The Hall–Kier alpha value is -3.01. The number of aliphatic carboxylic acids is 1. The number of carbonyl (C=O) groups is 3. The second-order valence-corrected chi connectivity index (χ2v) is 16.0. The van der Waals surface area contributed by atoms with Gasteiger partial charge in [0.2, 0.25) is 0 Å². The second kappa shape index (κ2) is 39.8. The molecule has 0 fully saturated rings. The van der Waals surface area contributed by atoms with Crippen molar-refractivity contribution in [3.8, 4) is 0 Å². The molecule has 9 nitrogen and oxygen atoms in total. The van der Waals surface area contributed by atoms with E-state index in [1.807, 2.05) is 21.1 Å². The van der Waals surface area contributed by atoms with Crippen LogP contribution in [0.5, 0.6) is 0 Å². The number of hydrogen-bond donors (Lipinski definition) is 0. The number of carbonyl (C=O) groups excluding carboxylic acids is 3. The molecule has 0 amide bonds. The van der Waals surface area contributed by atoms with E-state index in [4.69, 9.17) is 18.9 Å². The van der Waals surface area contributed by atoms with Crippen molar-refractivity contribution in [3.63, 3.8) is 0 Å². The Labute approximate surface area is 348 Å². The number of likely N-dealkylation sites (N-methyl/N-ethyl adjacent to an activating group) is 1. The fourth-order valence-electron chi connectivity index (χ4n) is 5.75. The highest BCUT2D eigenvalue weighted by Gasteiger charge is 2.21. The van der Waals surface area contributed by atoms with Crippen LogP contribution in [0.25, 0.3) is 0 Å². The summed E-state index contributed by atoms with van der Waals surface area (Å²) in [6.07, 6.45) is 44.0. The second-order valence-electron chi connectivity index (χ2n) is 16.0. The quantitative estimate of drug-likeness (QED) is 0.0198. The van der Waals surface area contributed by atoms with Crippen LogP contribution < -0.4 is 5.11 Å². The van der Waals surface area contributed by atoms with Gasteiger partial charge in [-0.05, 0) is 77.0 Å². The molecule has 0 saturated carbocycles. The fraction of sp³-hybridized carbons (Fsp3) is 0.729. The van der Waals surface area contributed by atoms with Gasteiger partial charge in [0.15, 0.2) is 12.4 Å². The summed E-state index contributed by atoms with van der Waals surface area (Å²) in [4.78, 5) is 36.9. The number of esters is 2. The predicted octanol–water partition coefficient (Wildman–Crippen LogP) is 10.4. The molecule has 0 aliphatic heterocycles. The van der Waals surface area contributed by atoms with E-state index < -0.39 is 24.3 Å². The maximum absolute atomic E-state index is 12.7. The Bertz CT molecular complexity index is 1120. The van der Waals surface area contributed by atoms with Crippen LogP contribution in [0.15, 0.2) is 60.8 Å². The molecule has 9 heteroatoms. The van der Waals surface area contributed by atoms with Crippen LogP contribution in [0.4, 0.5) is 0 Å². The minimum Gasteiger partial charge on any atom is -0.545 e. The highest BCUT2D eigenvalue weighted by atomic mass is 16.7. The largest absolute Gasteiger partial charge is 0.545 e. The Balaban J connectivity index is 4.44. The maximum Gasteiger partial charge on any atom is 0.306 e. The molecule has 57 heavy (non-hydrogen) atoms. The highest BCUT2D eigenvalue weighted by molar-refractivity contribution is 5.70. The van der Waals surface area contributed by atoms with Crippen LogP contribution in [0.3, 0.4) is 0 Å². The van der Waals surface area contributed by atoms with Crippen molar-refractivity contribution in [2.45, 2.75) is 180 Å². The van der Waals surface area contributed by atoms with Gasteiger partial charge in [-0.2, -0.15) is 0 Å². The van der Waals surface area contributed by atoms with Crippen LogP contribution in [0.2, 0.25) is 0 Å². The van der Waals surface area contributed by atoms with Crippen molar-refractivity contribution >= 4 is 17.9 Å². The number of quaternary nitrogens is 1. The predicted molar refractivity (Wildman–Crippen MR) is 232 cm³/mol. The molecule has 0 aromatic carbocycles. The molecule has 2 unspecified atom stereocenters. The molecule has 0 saturated heterocycles. The van der Waals surface area contributed by atoms with E-state index in [-0.39, 0.29) is 38.6 Å². The lowest BCUT2D eigenvalue weighted by atomic mass is 10.1. The van der Waals surface area contributed by atoms with Crippen LogP contribution in [0, 0.1) is 0 Å². The summed E-state index contributed by atoms with van der Waals surface area (Å²) >= 11 is 0. The van der Waals surface area contributed by atoms with Gasteiger partial charge in [0.05, 0.1) is 40.3 Å². The van der Waals surface area contributed by atoms with E-state index in [2.05, 4.69) is 74.6 Å². The topological polar surface area (TPSA) is 111 Å². The lowest BCUT2D eigenvalue weighted by molar-refractivity contribution is -0.870. The first-order chi connectivity index (χ1) is 27.6. The zero-order valence-electron chi connectivity index (χ0n) is 36.9. The first-order valence-electron chi connectivity index (χ1n) is 22.4. The van der Waals surface area contributed by atoms with E-state index in [9.17, 15) is 19.5 Å². The number of rotatable bonds is 40. The van der Waals surface area contributed by atoms with Crippen LogP contribution >= 0.6 is 0 Å². The Morgan fingerprint density at radius 2 is 1.00 bits per heavy atom. The van der Waals surface area contributed by atoms with Gasteiger partial charge >= 0.3 is 11.9 Å². The van der Waals surface area contributed by atoms with Gasteiger partial charge in [-0.15, -0.1) is 0 Å². The van der Waals surface area contributed by atoms with Crippen molar-refractivity contribution in [1.82, 2.24) is 0 Å². The third kappa shape index (κ3) is 41.0. The summed E-state index contributed by atoms with van der Waals surface area (Å²) in [5.41, 5.74) is 0. The van der Waals surface area contributed by atoms with Crippen LogP contribution in [-0.2, 0) is 33.3 Å². The number of nitrogens with zero attached hydrogens (tertiary/aromatic N) is 1. The van der Waals surface area contributed by atoms with Gasteiger partial charge in [0.1, 0.15) is 13.2 Å². The molecule has 0 aromatic heterocycles. The molecular weight excluding hydrogens is 719 g/mol. The van der Waals surface area contributed by atoms with E-state index in [1.165, 1.54) is 57.8 Å². The van der Waals surface area contributed by atoms with Gasteiger partial charge in [0.25, 0.3) is 0 Å². The minimum absolute atomic E-state index is 0.139. The fourth-order valence-corrected chi connectivity index (χ4v) is 5.75. The zero-order chi connectivity index (χ0) is 42.1. The zero-order valence-corrected chi connectivity index (χ0v) is 36.9. The van der Waals surface area contributed by atoms with Crippen molar-refractivity contribution in [2.75, 3.05) is 47.5 Å². The van der Waals surface area contributed by atoms with E-state index in [1.54, 1.807) is 0 Å². The minimum atomic E-state index is -1.63. The van der Waals surface area contributed by atoms with E-state index >= 15 is 0 Å². The molecular formula is C48H83NO8. The summed E-state index contributed by atoms with van der Waals surface area (Å²) in [5, 5.41) is 11.7. The molecule has 0 N–H and O–H groups in total. The van der Waals surface area contributed by atoms with Crippen LogP contribution in [-0.4, -0.2) is 82.3 Å². The summed E-state index contributed by atoms with van der Waals surface area (Å²) < 4.78 is 22.5. The smallest absolute Gasteiger partial charge is 0.306 e. The van der Waals surface area contributed by atoms with Gasteiger partial charge in [-0.3, -0.25) is 9.59 Å². The first kappa shape index (κ1) is 54.0. The number of ether oxygens (including phenoxy) is 4. The highest BCUT2D eigenvalue weighted by Crippen LogP contribution is 2.13. The molecule has 2 atom stereocenters. The van der Waals surface area contributed by atoms with Crippen LogP contribution in [0.1, 0.15) is 168 Å². The van der Waals surface area contributed by atoms with Gasteiger partial charge in [-0.25, -0.2) is 0 Å². The Morgan fingerprint density at radius 3 is 1.51 bits per heavy atom. The SMILES string of the molecule is CC/C=C\C/C=C\C/C=C\CCCCCC(=O)OC(COC(=O)CCCCCCCCCCC/C=C\C/C=C\CCCCC)COC(OCC[N+](C)(C)C)C(=O)[O-]. The average molecular weight is 802 g/mol. The summed E-state index contributed by atoms with van der Waals surface area (Å²) in [6.45, 7) is 4.54. The molecule has 0 heterocycles. The Morgan fingerprint density at radius 1 is 0.544 bits per heavy atom. The third-order valence-electron chi connectivity index (χ3n) is 9.25. The standard InChI is InChI=1S/C48H83NO8/c1-6-8-10-12-14-16-18-20-21-22-23-24-25-27-28-30-32-34-36-38-45(50)55-42-44(43-56-48(47(52)53)54-41-40-49(3,4)5)57-46(51)39-37-35-33-31-29-26-19-17-15-13-11-9-7-2/h9,11,14-17,20-21,26,29,44,48H,6-8,10,12-13,18-19,22-25,27-28,30-43H2,1-5H3/b11-9-,16-14-,17-15-,21-20-,29-26-. The number of carboxylic acids is 1. The van der Waals surface area contributed by atoms with Gasteiger partial charge in [-0.1, -0.05) is 139 Å². The number of hydrogen-bond acceptors (Lipinski definition) is 8. The summed E-state index contributed by atoms with van der Waals surface area (Å²) in [6, 6.07) is 0. The monoisotopic (exact) mass is 802 g/mol. The van der Waals surface area contributed by atoms with Gasteiger partial charge < -0.3 is 33.3 Å². The van der Waals surface area contributed by atoms with E-state index in [0.717, 1.165) is 77.0 Å². The van der Waals surface area contributed by atoms with Crippen molar-refractivity contribution in [3.05, 3.63) is 60.8 Å². The molecule has 328 valence electrons. The van der Waals surface area contributed by atoms with E-state index in [0.29, 0.717) is 17.4 Å². The van der Waals surface area contributed by atoms with Crippen molar-refractivity contribution in [2.24, 2.45) is 0 Å². The van der Waals surface area contributed by atoms with Crippen molar-refractivity contribution in [1.29, 1.82) is 0 Å². The number of unbranched alkanes of at least 4 members (excludes halogenated alkanes) is 15. The maximum atomic E-state index is 12.7. The summed E-state index contributed by atoms with van der Waals surface area (Å²) in [5.74, 6) is -2.34. The number of allylic oxidation sites excluding steroid dienone is 10. The molecule has 0 aliphatic carbocycles. The molecule has 0 aliphatic rings.